The van der Waals surface area contributed by atoms with Crippen LogP contribution in [0.25, 0.3) is 11.1 Å². The molecule has 1 aromatic carbocycles. The molecule has 0 spiro atoms. The number of allylic oxidation sites excluding steroid dienone is 4. The topological polar surface area (TPSA) is 24.1 Å². The van der Waals surface area contributed by atoms with Crippen LogP contribution in [-0.4, -0.2) is 39.0 Å². The van der Waals surface area contributed by atoms with Crippen molar-refractivity contribution in [3.05, 3.63) is 68.8 Å². The van der Waals surface area contributed by atoms with Crippen molar-refractivity contribution in [3.63, 3.8) is 0 Å². The Kier molecular flexibility index (Phi) is 8.32. The van der Waals surface area contributed by atoms with E-state index in [1.54, 1.807) is 0 Å². The van der Waals surface area contributed by atoms with Gasteiger partial charge >= 0.3 is 0 Å². The van der Waals surface area contributed by atoms with Crippen LogP contribution in [0.5, 0.6) is 0 Å². The lowest BCUT2D eigenvalue weighted by molar-refractivity contribution is 0.390. The van der Waals surface area contributed by atoms with Crippen LogP contribution in [0, 0.1) is 0 Å². The van der Waals surface area contributed by atoms with E-state index >= 15 is 0 Å². The molecule has 2 nitrogen and oxygen atoms in total. The van der Waals surface area contributed by atoms with E-state index in [-0.39, 0.29) is 21.4 Å². The van der Waals surface area contributed by atoms with Gasteiger partial charge in [-0.1, -0.05) is 50.5 Å². The van der Waals surface area contributed by atoms with Crippen molar-refractivity contribution in [2.75, 3.05) is 0 Å². The molecular weight excluding hydrogens is 493 g/mol. The lowest BCUT2D eigenvalue weighted by atomic mass is 9.89. The minimum Gasteiger partial charge on any atom is -0.302 e. The van der Waals surface area contributed by atoms with E-state index in [0.29, 0.717) is 0 Å². The Morgan fingerprint density at radius 1 is 0.500 bits per heavy atom. The Morgan fingerprint density at radius 3 is 0.974 bits per heavy atom. The summed E-state index contributed by atoms with van der Waals surface area (Å²) < 4.78 is 0. The lowest BCUT2D eigenvalue weighted by Gasteiger charge is -2.45. The molecular formula is C34H56N2Si2. The first-order valence-electron chi connectivity index (χ1n) is 14.7. The standard InChI is InChI=1S/C34H56N2Si2/c1-21-23(3)29(33(25(21)5,37(13)14)35-31(7,8)9)27-17-19-28(20-18-27)30-24(4)22(2)26(6)34(30,38(15)16)36-32(10,11)12/h17-20,35-38H,1-16H3. The summed E-state index contributed by atoms with van der Waals surface area (Å²) in [5.74, 6) is 0. The molecule has 210 valence electrons. The molecule has 0 fully saturated rings. The molecule has 0 aromatic heterocycles. The molecule has 3 rings (SSSR count). The summed E-state index contributed by atoms with van der Waals surface area (Å²) in [7, 11) is -2.38. The Morgan fingerprint density at radius 2 is 0.763 bits per heavy atom. The van der Waals surface area contributed by atoms with Gasteiger partial charge in [-0.2, -0.15) is 0 Å². The molecule has 1 aromatic rings. The van der Waals surface area contributed by atoms with Gasteiger partial charge in [0.1, 0.15) is 0 Å². The fourth-order valence-electron chi connectivity index (χ4n) is 7.41. The smallest absolute Gasteiger partial charge is 0.0656 e. The maximum Gasteiger partial charge on any atom is 0.0656 e. The largest absolute Gasteiger partial charge is 0.302 e. The summed E-state index contributed by atoms with van der Waals surface area (Å²) in [6.07, 6.45) is 0. The van der Waals surface area contributed by atoms with E-state index in [1.807, 2.05) is 0 Å². The van der Waals surface area contributed by atoms with Crippen molar-refractivity contribution < 1.29 is 0 Å². The van der Waals surface area contributed by atoms with Crippen LogP contribution in [0.3, 0.4) is 0 Å². The van der Waals surface area contributed by atoms with Crippen LogP contribution in [0.15, 0.2) is 57.7 Å². The van der Waals surface area contributed by atoms with Crippen molar-refractivity contribution in [1.29, 1.82) is 0 Å². The molecule has 4 heteroatoms. The monoisotopic (exact) mass is 548 g/mol. The molecule has 2 aliphatic carbocycles. The molecule has 0 radical (unpaired) electrons. The van der Waals surface area contributed by atoms with Gasteiger partial charge in [0.25, 0.3) is 0 Å². The van der Waals surface area contributed by atoms with Crippen molar-refractivity contribution in [1.82, 2.24) is 10.6 Å². The highest BCUT2D eigenvalue weighted by Crippen LogP contribution is 2.50. The van der Waals surface area contributed by atoms with E-state index in [9.17, 15) is 0 Å². The van der Waals surface area contributed by atoms with E-state index in [1.165, 1.54) is 55.7 Å². The first-order chi connectivity index (χ1) is 17.2. The summed E-state index contributed by atoms with van der Waals surface area (Å²) in [6, 6.07) is 9.68. The minimum absolute atomic E-state index is 0.0290. The van der Waals surface area contributed by atoms with E-state index in [4.69, 9.17) is 0 Å². The molecule has 2 N–H and O–H groups in total. The Labute approximate surface area is 238 Å². The van der Waals surface area contributed by atoms with Gasteiger partial charge in [0.05, 0.1) is 27.9 Å². The zero-order valence-electron chi connectivity index (χ0n) is 27.5. The molecule has 0 saturated heterocycles. The number of benzene rings is 1. The molecule has 0 aliphatic heterocycles. The van der Waals surface area contributed by atoms with Gasteiger partial charge in [-0.15, -0.1) is 0 Å². The number of nitrogens with one attached hydrogen (secondary N) is 2. The van der Waals surface area contributed by atoms with Crippen molar-refractivity contribution >= 4 is 28.7 Å². The van der Waals surface area contributed by atoms with Crippen LogP contribution >= 0.6 is 0 Å². The van der Waals surface area contributed by atoms with Gasteiger partial charge in [-0.05, 0) is 139 Å². The highest BCUT2D eigenvalue weighted by atomic mass is 28.3. The minimum atomic E-state index is -1.19. The highest BCUT2D eigenvalue weighted by molar-refractivity contribution is 6.64. The van der Waals surface area contributed by atoms with Gasteiger partial charge in [-0.3, -0.25) is 0 Å². The maximum absolute atomic E-state index is 4.16. The molecule has 0 heterocycles. The van der Waals surface area contributed by atoms with Crippen LogP contribution in [0.1, 0.15) is 94.2 Å². The fraction of sp³-hybridized carbons (Fsp3) is 0.588. The highest BCUT2D eigenvalue weighted by Gasteiger charge is 2.49. The van der Waals surface area contributed by atoms with Gasteiger partial charge in [0.2, 0.25) is 0 Å². The summed E-state index contributed by atoms with van der Waals surface area (Å²) >= 11 is 0. The first kappa shape index (κ1) is 31.1. The first-order valence-corrected chi connectivity index (χ1v) is 20.5. The van der Waals surface area contributed by atoms with Gasteiger partial charge in [0, 0.05) is 11.1 Å². The Hall–Kier alpha value is -1.47. The number of hydrogen-bond donors (Lipinski definition) is 2. The molecule has 0 saturated carbocycles. The molecule has 0 bridgehead atoms. The Balaban J connectivity index is 2.21. The van der Waals surface area contributed by atoms with Gasteiger partial charge in [-0.25, -0.2) is 0 Å². The van der Waals surface area contributed by atoms with Crippen molar-refractivity contribution in [2.45, 2.75) is 131 Å². The van der Waals surface area contributed by atoms with Crippen LogP contribution < -0.4 is 10.6 Å². The molecule has 2 aliphatic rings. The predicted octanol–water partition coefficient (Wildman–Crippen LogP) is 8.24. The second kappa shape index (κ2) is 10.2. The molecule has 0 amide bonds. The van der Waals surface area contributed by atoms with Crippen molar-refractivity contribution in [3.8, 4) is 0 Å². The molecule has 2 unspecified atom stereocenters. The second-order valence-electron chi connectivity index (χ2n) is 14.8. The zero-order valence-corrected chi connectivity index (χ0v) is 29.8. The second-order valence-corrected chi connectivity index (χ2v) is 21.1. The summed E-state index contributed by atoms with van der Waals surface area (Å²) in [4.78, 5) is 0. The molecule has 38 heavy (non-hydrogen) atoms. The zero-order chi connectivity index (χ0) is 29.2. The summed E-state index contributed by atoms with van der Waals surface area (Å²) in [6.45, 7) is 38.0. The van der Waals surface area contributed by atoms with Gasteiger partial charge in [0.15, 0.2) is 0 Å². The SMILES string of the molecule is CC1=C(C)C(NC(C)(C)C)([SiH](C)C)C(c2ccc(C3=C(C)C(C)=C(C)C3(NC(C)(C)C)[SiH](C)C)cc2)=C1C. The maximum atomic E-state index is 4.16. The molecule has 2 atom stereocenters. The third-order valence-corrected chi connectivity index (χ3v) is 14.5. The van der Waals surface area contributed by atoms with E-state index in [2.05, 4.69) is 144 Å². The lowest BCUT2D eigenvalue weighted by Crippen LogP contribution is -2.61. The van der Waals surface area contributed by atoms with Crippen LogP contribution in [0.2, 0.25) is 26.2 Å². The quantitative estimate of drug-likeness (QED) is 0.350. The van der Waals surface area contributed by atoms with Crippen LogP contribution in [-0.2, 0) is 0 Å². The van der Waals surface area contributed by atoms with Gasteiger partial charge < -0.3 is 10.6 Å². The fourth-order valence-corrected chi connectivity index (χ4v) is 12.9. The number of hydrogen-bond acceptors (Lipinski definition) is 2. The average molecular weight is 549 g/mol. The Bertz CT molecular complexity index is 1130. The third kappa shape index (κ3) is 4.95. The van der Waals surface area contributed by atoms with Crippen LogP contribution in [0.4, 0.5) is 0 Å². The predicted molar refractivity (Wildman–Crippen MR) is 177 cm³/mol. The van der Waals surface area contributed by atoms with E-state index < -0.39 is 17.6 Å². The average Bonchev–Trinajstić information content (AvgIpc) is 3.08. The summed E-state index contributed by atoms with van der Waals surface area (Å²) in [5, 5.41) is 8.25. The van der Waals surface area contributed by atoms with Crippen molar-refractivity contribution in [2.24, 2.45) is 0 Å². The summed E-state index contributed by atoms with van der Waals surface area (Å²) in [5.41, 5.74) is 14.7. The third-order valence-electron chi connectivity index (χ3n) is 9.31. The van der Waals surface area contributed by atoms with E-state index in [0.717, 1.165) is 0 Å². The number of rotatable bonds is 6. The normalized spacial score (nSPS) is 25.3.